The predicted octanol–water partition coefficient (Wildman–Crippen LogP) is 2.38. The van der Waals surface area contributed by atoms with Gasteiger partial charge in [-0.2, -0.15) is 5.10 Å². The molecule has 128 valence electrons. The molecule has 1 N–H and O–H groups in total. The standard InChI is InChI=1S/C17H22N4O2S/c1-13(22)19-15(16-6-3-10-24-16)11-17(23)20-8-2-5-14(12-20)21-9-4-7-18-21/h3-4,6-7,9-10,14-15H,2,5,8,11-12H2,1H3,(H,19,22)/t14-,15+/m0/s1. The monoisotopic (exact) mass is 346 g/mol. The normalized spacial score (nSPS) is 19.0. The van der Waals surface area contributed by atoms with Gasteiger partial charge in [0.15, 0.2) is 0 Å². The molecule has 0 radical (unpaired) electrons. The van der Waals surface area contributed by atoms with Crippen molar-refractivity contribution in [1.29, 1.82) is 0 Å². The van der Waals surface area contributed by atoms with Crippen molar-refractivity contribution in [1.82, 2.24) is 20.0 Å². The second kappa shape index (κ2) is 7.61. The van der Waals surface area contributed by atoms with Gasteiger partial charge in [-0.25, -0.2) is 0 Å². The van der Waals surface area contributed by atoms with Crippen LogP contribution >= 0.6 is 11.3 Å². The fraction of sp³-hybridized carbons (Fsp3) is 0.471. The van der Waals surface area contributed by atoms with E-state index >= 15 is 0 Å². The van der Waals surface area contributed by atoms with Gasteiger partial charge in [0.25, 0.3) is 0 Å². The highest BCUT2D eigenvalue weighted by Crippen LogP contribution is 2.26. The number of likely N-dealkylation sites (tertiary alicyclic amines) is 1. The Hall–Kier alpha value is -2.15. The summed E-state index contributed by atoms with van der Waals surface area (Å²) < 4.78 is 1.93. The van der Waals surface area contributed by atoms with Gasteiger partial charge in [-0.3, -0.25) is 14.3 Å². The van der Waals surface area contributed by atoms with Gasteiger partial charge in [-0.15, -0.1) is 11.3 Å². The number of rotatable bonds is 5. The molecule has 0 aliphatic carbocycles. The second-order valence-electron chi connectivity index (χ2n) is 6.09. The molecule has 1 aliphatic heterocycles. The summed E-state index contributed by atoms with van der Waals surface area (Å²) in [5.41, 5.74) is 0. The average molecular weight is 346 g/mol. The zero-order valence-corrected chi connectivity index (χ0v) is 14.5. The quantitative estimate of drug-likeness (QED) is 0.904. The molecule has 7 heteroatoms. The fourth-order valence-electron chi connectivity index (χ4n) is 3.16. The van der Waals surface area contributed by atoms with Crippen LogP contribution in [-0.4, -0.2) is 39.6 Å². The molecule has 2 aromatic rings. The third-order valence-electron chi connectivity index (χ3n) is 4.29. The first-order valence-corrected chi connectivity index (χ1v) is 9.09. The van der Waals surface area contributed by atoms with E-state index in [4.69, 9.17) is 0 Å². The number of amides is 2. The van der Waals surface area contributed by atoms with Crippen LogP contribution in [0.3, 0.4) is 0 Å². The first kappa shape index (κ1) is 16.7. The molecule has 0 unspecified atom stereocenters. The van der Waals surface area contributed by atoms with Crippen molar-refractivity contribution < 1.29 is 9.59 Å². The van der Waals surface area contributed by atoms with Gasteiger partial charge in [0.05, 0.1) is 18.5 Å². The van der Waals surface area contributed by atoms with E-state index in [1.807, 2.05) is 39.4 Å². The van der Waals surface area contributed by atoms with Gasteiger partial charge in [0, 0.05) is 37.3 Å². The maximum absolute atomic E-state index is 12.7. The van der Waals surface area contributed by atoms with Gasteiger partial charge >= 0.3 is 0 Å². The first-order chi connectivity index (χ1) is 11.6. The summed E-state index contributed by atoms with van der Waals surface area (Å²) in [5, 5.41) is 9.16. The number of carbonyl (C=O) groups is 2. The highest BCUT2D eigenvalue weighted by molar-refractivity contribution is 7.10. The summed E-state index contributed by atoms with van der Waals surface area (Å²) in [7, 11) is 0. The number of aromatic nitrogens is 2. The molecule has 24 heavy (non-hydrogen) atoms. The molecule has 0 spiro atoms. The minimum Gasteiger partial charge on any atom is -0.348 e. The lowest BCUT2D eigenvalue weighted by atomic mass is 10.0. The molecule has 3 rings (SSSR count). The summed E-state index contributed by atoms with van der Waals surface area (Å²) in [6.45, 7) is 2.94. The lowest BCUT2D eigenvalue weighted by Gasteiger charge is -2.33. The Morgan fingerprint density at radius 1 is 1.46 bits per heavy atom. The third-order valence-corrected chi connectivity index (χ3v) is 5.28. The maximum Gasteiger partial charge on any atom is 0.225 e. The molecular formula is C17H22N4O2S. The van der Waals surface area contributed by atoms with Gasteiger partial charge in [-0.1, -0.05) is 6.07 Å². The Morgan fingerprint density at radius 2 is 2.33 bits per heavy atom. The lowest BCUT2D eigenvalue weighted by Crippen LogP contribution is -2.42. The molecule has 2 atom stereocenters. The van der Waals surface area contributed by atoms with Crippen molar-refractivity contribution in [3.63, 3.8) is 0 Å². The Bertz CT molecular complexity index is 669. The summed E-state index contributed by atoms with van der Waals surface area (Å²) >= 11 is 1.56. The molecule has 2 amide bonds. The smallest absolute Gasteiger partial charge is 0.225 e. The van der Waals surface area contributed by atoms with E-state index < -0.39 is 0 Å². The maximum atomic E-state index is 12.7. The van der Waals surface area contributed by atoms with Crippen LogP contribution in [-0.2, 0) is 9.59 Å². The molecule has 0 aromatic carbocycles. The molecule has 1 aliphatic rings. The van der Waals surface area contributed by atoms with Crippen LogP contribution in [0.15, 0.2) is 36.0 Å². The minimum atomic E-state index is -0.250. The van der Waals surface area contributed by atoms with E-state index in [0.29, 0.717) is 13.0 Å². The van der Waals surface area contributed by atoms with Crippen molar-refractivity contribution in [2.45, 2.75) is 38.3 Å². The number of thiophene rings is 1. The van der Waals surface area contributed by atoms with Gasteiger partial charge < -0.3 is 10.2 Å². The van der Waals surface area contributed by atoms with E-state index in [0.717, 1.165) is 24.3 Å². The van der Waals surface area contributed by atoms with Crippen molar-refractivity contribution in [2.24, 2.45) is 0 Å². The zero-order valence-electron chi connectivity index (χ0n) is 13.7. The molecule has 1 fully saturated rings. The average Bonchev–Trinajstić information content (AvgIpc) is 3.27. The minimum absolute atomic E-state index is 0.0824. The molecule has 1 saturated heterocycles. The summed E-state index contributed by atoms with van der Waals surface area (Å²) in [4.78, 5) is 27.1. The Morgan fingerprint density at radius 3 is 3.00 bits per heavy atom. The zero-order chi connectivity index (χ0) is 16.9. The van der Waals surface area contributed by atoms with E-state index in [9.17, 15) is 9.59 Å². The highest BCUT2D eigenvalue weighted by atomic mass is 32.1. The first-order valence-electron chi connectivity index (χ1n) is 8.21. The van der Waals surface area contributed by atoms with Gasteiger partial charge in [0.2, 0.25) is 11.8 Å². The van der Waals surface area contributed by atoms with E-state index in [1.165, 1.54) is 6.92 Å². The summed E-state index contributed by atoms with van der Waals surface area (Å²) in [6.07, 6.45) is 6.02. The van der Waals surface area contributed by atoms with Crippen LogP contribution in [0.5, 0.6) is 0 Å². The van der Waals surface area contributed by atoms with Crippen LogP contribution in [0.2, 0.25) is 0 Å². The van der Waals surface area contributed by atoms with Crippen LogP contribution in [0.1, 0.15) is 43.1 Å². The van der Waals surface area contributed by atoms with Crippen LogP contribution in [0.4, 0.5) is 0 Å². The number of nitrogens with one attached hydrogen (secondary N) is 1. The molecule has 0 bridgehead atoms. The summed E-state index contributed by atoms with van der Waals surface area (Å²) in [5.74, 6) is -0.0340. The van der Waals surface area contributed by atoms with Crippen molar-refractivity contribution in [2.75, 3.05) is 13.1 Å². The van der Waals surface area contributed by atoms with Crippen LogP contribution in [0, 0.1) is 0 Å². The number of piperidine rings is 1. The van der Waals surface area contributed by atoms with Crippen LogP contribution < -0.4 is 5.32 Å². The Labute approximate surface area is 145 Å². The Balaban J connectivity index is 1.65. The fourth-order valence-corrected chi connectivity index (χ4v) is 3.93. The van der Waals surface area contributed by atoms with Crippen LogP contribution in [0.25, 0.3) is 0 Å². The van der Waals surface area contributed by atoms with E-state index in [2.05, 4.69) is 10.4 Å². The molecule has 2 aromatic heterocycles. The molecule has 3 heterocycles. The summed E-state index contributed by atoms with van der Waals surface area (Å²) in [6, 6.07) is 5.79. The number of carbonyl (C=O) groups excluding carboxylic acids is 2. The van der Waals surface area contributed by atoms with Crippen molar-refractivity contribution in [3.05, 3.63) is 40.8 Å². The third kappa shape index (κ3) is 4.03. The SMILES string of the molecule is CC(=O)N[C@H](CC(=O)N1CCC[C@H](n2cccn2)C1)c1cccs1. The highest BCUT2D eigenvalue weighted by Gasteiger charge is 2.27. The van der Waals surface area contributed by atoms with Gasteiger partial charge in [-0.05, 0) is 30.4 Å². The number of hydrogen-bond donors (Lipinski definition) is 1. The van der Waals surface area contributed by atoms with Crippen molar-refractivity contribution in [3.8, 4) is 0 Å². The second-order valence-corrected chi connectivity index (χ2v) is 7.07. The number of nitrogens with zero attached hydrogens (tertiary/aromatic N) is 3. The largest absolute Gasteiger partial charge is 0.348 e. The van der Waals surface area contributed by atoms with E-state index in [1.54, 1.807) is 17.5 Å². The molecule has 0 saturated carbocycles. The lowest BCUT2D eigenvalue weighted by molar-refractivity contribution is -0.133. The predicted molar refractivity (Wildman–Crippen MR) is 92.6 cm³/mol. The van der Waals surface area contributed by atoms with E-state index in [-0.39, 0.29) is 23.9 Å². The van der Waals surface area contributed by atoms with Crippen molar-refractivity contribution >= 4 is 23.2 Å². The molecule has 6 nitrogen and oxygen atoms in total. The number of hydrogen-bond acceptors (Lipinski definition) is 4. The molecular weight excluding hydrogens is 324 g/mol. The topological polar surface area (TPSA) is 67.2 Å². The van der Waals surface area contributed by atoms with Gasteiger partial charge in [0.1, 0.15) is 0 Å². The Kier molecular flexibility index (Phi) is 5.30.